The Morgan fingerprint density at radius 3 is 2.50 bits per heavy atom. The first-order valence-electron chi connectivity index (χ1n) is 8.56. The van der Waals surface area contributed by atoms with Crippen LogP contribution in [0.3, 0.4) is 0 Å². The zero-order valence-electron chi connectivity index (χ0n) is 14.4. The minimum absolute atomic E-state index is 0.331. The maximum Gasteiger partial charge on any atom is 0.415 e. The number of carbonyl (C=O) groups excluding carboxylic acids is 2. The molecule has 0 unspecified atom stereocenters. The number of hydrogen-bond donors (Lipinski definition) is 1. The average Bonchev–Trinajstić information content (AvgIpc) is 2.68. The predicted molar refractivity (Wildman–Crippen MR) is 98.6 cm³/mol. The Balaban J connectivity index is 1.48. The molecule has 2 amide bonds. The van der Waals surface area contributed by atoms with Crippen molar-refractivity contribution >= 4 is 18.1 Å². The number of hydrogen-bond acceptors (Lipinski definition) is 4. The van der Waals surface area contributed by atoms with Crippen molar-refractivity contribution < 1.29 is 14.3 Å². The lowest BCUT2D eigenvalue weighted by atomic mass is 9.96. The van der Waals surface area contributed by atoms with Gasteiger partial charge in [0.05, 0.1) is 6.20 Å². The molecule has 2 aromatic rings. The smallest absolute Gasteiger partial charge is 0.409 e. The summed E-state index contributed by atoms with van der Waals surface area (Å²) in [5, 5.41) is 0. The third kappa shape index (κ3) is 4.69. The van der Waals surface area contributed by atoms with E-state index in [-0.39, 0.29) is 6.09 Å². The number of nitrogens with two attached hydrogens (primary N) is 1. The number of benzene rings is 1. The fourth-order valence-electron chi connectivity index (χ4n) is 2.85. The molecule has 3 rings (SSSR count). The van der Waals surface area contributed by atoms with E-state index < -0.39 is 5.91 Å². The lowest BCUT2D eigenvalue weighted by molar-refractivity contribution is 0.1000. The van der Waals surface area contributed by atoms with E-state index in [4.69, 9.17) is 10.5 Å². The second-order valence-corrected chi connectivity index (χ2v) is 6.23. The van der Waals surface area contributed by atoms with E-state index in [9.17, 15) is 9.59 Å². The number of likely N-dealkylation sites (tertiary alicyclic amines) is 1. The highest BCUT2D eigenvalue weighted by Gasteiger charge is 2.22. The molecule has 1 saturated heterocycles. The van der Waals surface area contributed by atoms with Gasteiger partial charge in [-0.25, -0.2) is 4.79 Å². The third-order valence-electron chi connectivity index (χ3n) is 4.39. The summed E-state index contributed by atoms with van der Waals surface area (Å²) in [6.45, 7) is 1.32. The number of carbonyl (C=O) groups is 2. The van der Waals surface area contributed by atoms with Gasteiger partial charge in [0.2, 0.25) is 5.91 Å². The number of rotatable bonds is 4. The van der Waals surface area contributed by atoms with Gasteiger partial charge in [0.1, 0.15) is 0 Å². The van der Waals surface area contributed by atoms with Crippen LogP contribution in [0, 0.1) is 5.92 Å². The monoisotopic (exact) mass is 351 g/mol. The van der Waals surface area contributed by atoms with Gasteiger partial charge >= 0.3 is 6.09 Å². The van der Waals surface area contributed by atoms with Crippen molar-refractivity contribution in [3.05, 3.63) is 66.0 Å². The van der Waals surface area contributed by atoms with E-state index >= 15 is 0 Å². The summed E-state index contributed by atoms with van der Waals surface area (Å²) in [5.41, 5.74) is 6.76. The molecule has 0 aliphatic carbocycles. The maximum absolute atomic E-state index is 12.2. The van der Waals surface area contributed by atoms with Gasteiger partial charge in [0.15, 0.2) is 5.75 Å². The fraction of sp³-hybridized carbons (Fsp3) is 0.250. The van der Waals surface area contributed by atoms with Crippen LogP contribution >= 0.6 is 0 Å². The number of piperidine rings is 1. The highest BCUT2D eigenvalue weighted by atomic mass is 16.6. The number of allylic oxidation sites excluding steroid dienone is 1. The Hall–Kier alpha value is -3.15. The minimum atomic E-state index is -0.425. The van der Waals surface area contributed by atoms with Gasteiger partial charge in [0, 0.05) is 24.8 Å². The van der Waals surface area contributed by atoms with Gasteiger partial charge in [-0.3, -0.25) is 9.78 Å². The van der Waals surface area contributed by atoms with Crippen LogP contribution in [-0.4, -0.2) is 35.0 Å². The van der Waals surface area contributed by atoms with E-state index in [1.165, 1.54) is 6.20 Å². The molecule has 6 nitrogen and oxygen atoms in total. The van der Waals surface area contributed by atoms with Gasteiger partial charge in [-0.2, -0.15) is 0 Å². The minimum Gasteiger partial charge on any atom is -0.409 e. The molecule has 6 heteroatoms. The molecule has 1 aliphatic rings. The van der Waals surface area contributed by atoms with Crippen LogP contribution in [0.15, 0.2) is 54.9 Å². The van der Waals surface area contributed by atoms with Gasteiger partial charge < -0.3 is 15.4 Å². The summed E-state index contributed by atoms with van der Waals surface area (Å²) in [7, 11) is 0. The topological polar surface area (TPSA) is 85.5 Å². The summed E-state index contributed by atoms with van der Waals surface area (Å²) in [6.07, 6.45) is 8.80. The van der Waals surface area contributed by atoms with Crippen molar-refractivity contribution in [2.75, 3.05) is 13.1 Å². The zero-order chi connectivity index (χ0) is 18.4. The largest absolute Gasteiger partial charge is 0.415 e. The number of amides is 2. The Kier molecular flexibility index (Phi) is 5.63. The molecule has 0 radical (unpaired) electrons. The Morgan fingerprint density at radius 1 is 1.15 bits per heavy atom. The first-order valence-corrected chi connectivity index (χ1v) is 8.56. The van der Waals surface area contributed by atoms with Gasteiger partial charge in [-0.05, 0) is 48.6 Å². The van der Waals surface area contributed by atoms with Crippen molar-refractivity contribution in [2.45, 2.75) is 12.8 Å². The van der Waals surface area contributed by atoms with E-state index in [0.717, 1.165) is 18.4 Å². The molecule has 0 saturated carbocycles. The average molecular weight is 351 g/mol. The van der Waals surface area contributed by atoms with E-state index in [0.29, 0.717) is 30.3 Å². The van der Waals surface area contributed by atoms with Crippen LogP contribution in [-0.2, 0) is 0 Å². The van der Waals surface area contributed by atoms with Crippen molar-refractivity contribution in [1.29, 1.82) is 0 Å². The molecule has 26 heavy (non-hydrogen) atoms. The van der Waals surface area contributed by atoms with Crippen LogP contribution in [0.1, 0.15) is 28.8 Å². The van der Waals surface area contributed by atoms with Crippen molar-refractivity contribution in [2.24, 2.45) is 11.7 Å². The first kappa shape index (κ1) is 17.7. The summed E-state index contributed by atoms with van der Waals surface area (Å²) >= 11 is 0. The lowest BCUT2D eigenvalue weighted by Crippen LogP contribution is -2.39. The molecular weight excluding hydrogens is 330 g/mol. The van der Waals surface area contributed by atoms with Crippen LogP contribution in [0.2, 0.25) is 0 Å². The highest BCUT2D eigenvalue weighted by Crippen LogP contribution is 2.21. The summed E-state index contributed by atoms with van der Waals surface area (Å²) in [5.74, 6) is 0.443. The number of primary amides is 1. The van der Waals surface area contributed by atoms with Crippen LogP contribution in [0.5, 0.6) is 5.75 Å². The van der Waals surface area contributed by atoms with Crippen molar-refractivity contribution in [3.63, 3.8) is 0 Å². The number of nitrogens with zero attached hydrogens (tertiary/aromatic N) is 2. The normalized spacial score (nSPS) is 15.2. The Labute approximate surface area is 152 Å². The van der Waals surface area contributed by atoms with Crippen LogP contribution in [0.4, 0.5) is 4.79 Å². The molecular formula is C20H21N3O3. The van der Waals surface area contributed by atoms with E-state index in [2.05, 4.69) is 11.1 Å². The summed E-state index contributed by atoms with van der Waals surface area (Å²) < 4.78 is 5.32. The standard InChI is InChI=1S/C20H21N3O3/c21-19(24)17-7-5-15(6-8-17)3-4-16-9-12-23(13-10-16)20(25)26-18-2-1-11-22-14-18/h1-8,11,14,16H,9-10,12-13H2,(H2,21,24). The van der Waals surface area contributed by atoms with E-state index in [1.54, 1.807) is 35.4 Å². The Morgan fingerprint density at radius 2 is 1.88 bits per heavy atom. The molecule has 0 bridgehead atoms. The zero-order valence-corrected chi connectivity index (χ0v) is 14.4. The Bertz CT molecular complexity index is 780. The second kappa shape index (κ2) is 8.29. The van der Waals surface area contributed by atoms with Gasteiger partial charge in [-0.15, -0.1) is 0 Å². The quantitative estimate of drug-likeness (QED) is 0.917. The number of ether oxygens (including phenoxy) is 1. The molecule has 2 heterocycles. The number of pyridine rings is 1. The fourth-order valence-corrected chi connectivity index (χ4v) is 2.85. The SMILES string of the molecule is NC(=O)c1ccc(C=CC2CCN(C(=O)Oc3cccnc3)CC2)cc1. The van der Waals surface area contributed by atoms with Gasteiger partial charge in [0.25, 0.3) is 0 Å². The van der Waals surface area contributed by atoms with Crippen molar-refractivity contribution in [3.8, 4) is 5.75 Å². The molecule has 1 aliphatic heterocycles. The first-order chi connectivity index (χ1) is 12.6. The molecule has 0 spiro atoms. The molecule has 134 valence electrons. The number of aromatic nitrogens is 1. The molecule has 1 aromatic heterocycles. The molecule has 1 aromatic carbocycles. The highest BCUT2D eigenvalue weighted by molar-refractivity contribution is 5.92. The lowest BCUT2D eigenvalue weighted by Gasteiger charge is -2.29. The predicted octanol–water partition coefficient (Wildman–Crippen LogP) is 3.10. The summed E-state index contributed by atoms with van der Waals surface area (Å²) in [4.78, 5) is 28.9. The maximum atomic E-state index is 12.2. The van der Waals surface area contributed by atoms with Crippen LogP contribution in [0.25, 0.3) is 6.08 Å². The second-order valence-electron chi connectivity index (χ2n) is 6.23. The molecule has 1 fully saturated rings. The van der Waals surface area contributed by atoms with E-state index in [1.807, 2.05) is 18.2 Å². The third-order valence-corrected chi connectivity index (χ3v) is 4.39. The van der Waals surface area contributed by atoms with Gasteiger partial charge in [-0.1, -0.05) is 24.3 Å². The summed E-state index contributed by atoms with van der Waals surface area (Å²) in [6, 6.07) is 10.6. The molecule has 2 N–H and O–H groups in total. The molecule has 0 atom stereocenters. The van der Waals surface area contributed by atoms with Crippen LogP contribution < -0.4 is 10.5 Å². The van der Waals surface area contributed by atoms with Crippen molar-refractivity contribution in [1.82, 2.24) is 9.88 Å².